The number of anilines is 3. The van der Waals surface area contributed by atoms with Gasteiger partial charge >= 0.3 is 5.69 Å². The van der Waals surface area contributed by atoms with Crippen LogP contribution in [0.25, 0.3) is 0 Å². The standard InChI is InChI=1S/C18H15Cl2N5O2/c1-11-2-5-14(20)8-15(11)24-18-16(25(26)27)17(22-10-23-18)21-9-12-3-6-13(19)7-4-12/h2-8,10H,9H2,1H3,(H2,21,22,23,24). The molecule has 0 aliphatic carbocycles. The van der Waals surface area contributed by atoms with E-state index < -0.39 is 4.92 Å². The fourth-order valence-electron chi connectivity index (χ4n) is 2.42. The van der Waals surface area contributed by atoms with Gasteiger partial charge < -0.3 is 10.6 Å². The minimum absolute atomic E-state index is 0.0824. The van der Waals surface area contributed by atoms with Crippen LogP contribution in [0.5, 0.6) is 0 Å². The van der Waals surface area contributed by atoms with Crippen molar-refractivity contribution in [3.63, 3.8) is 0 Å². The summed E-state index contributed by atoms with van der Waals surface area (Å²) in [6, 6.07) is 12.4. The predicted octanol–water partition coefficient (Wildman–Crippen LogP) is 5.36. The Bertz CT molecular complexity index is 980. The van der Waals surface area contributed by atoms with Crippen LogP contribution < -0.4 is 10.6 Å². The average molecular weight is 404 g/mol. The molecule has 0 saturated heterocycles. The molecule has 0 atom stereocenters. The summed E-state index contributed by atoms with van der Waals surface area (Å²) in [7, 11) is 0. The zero-order valence-electron chi connectivity index (χ0n) is 14.2. The lowest BCUT2D eigenvalue weighted by Crippen LogP contribution is -2.08. The van der Waals surface area contributed by atoms with E-state index in [2.05, 4.69) is 20.6 Å². The zero-order valence-corrected chi connectivity index (χ0v) is 15.8. The van der Waals surface area contributed by atoms with Gasteiger partial charge in [-0.15, -0.1) is 0 Å². The normalized spacial score (nSPS) is 10.5. The number of hydrogen-bond donors (Lipinski definition) is 2. The smallest absolute Gasteiger partial charge is 0.353 e. The number of aryl methyl sites for hydroxylation is 1. The monoisotopic (exact) mass is 403 g/mol. The van der Waals surface area contributed by atoms with Crippen molar-refractivity contribution in [3.8, 4) is 0 Å². The third kappa shape index (κ3) is 4.64. The topological polar surface area (TPSA) is 93.0 Å². The van der Waals surface area contributed by atoms with Crippen LogP contribution in [0.15, 0.2) is 48.8 Å². The number of halogens is 2. The molecule has 3 rings (SSSR count). The van der Waals surface area contributed by atoms with Gasteiger partial charge in [0, 0.05) is 22.3 Å². The molecule has 0 saturated carbocycles. The number of nitrogens with zero attached hydrogens (tertiary/aromatic N) is 3. The molecule has 0 fully saturated rings. The van der Waals surface area contributed by atoms with Crippen molar-refractivity contribution in [2.45, 2.75) is 13.5 Å². The van der Waals surface area contributed by atoms with Gasteiger partial charge in [0.2, 0.25) is 11.6 Å². The Morgan fingerprint density at radius 1 is 1.04 bits per heavy atom. The summed E-state index contributed by atoms with van der Waals surface area (Å²) < 4.78 is 0. The quantitative estimate of drug-likeness (QED) is 0.425. The Balaban J connectivity index is 1.89. The first-order chi connectivity index (χ1) is 12.9. The minimum atomic E-state index is -0.521. The first-order valence-electron chi connectivity index (χ1n) is 7.95. The van der Waals surface area contributed by atoms with Crippen molar-refractivity contribution < 1.29 is 4.92 Å². The Morgan fingerprint density at radius 3 is 2.41 bits per heavy atom. The number of rotatable bonds is 6. The van der Waals surface area contributed by atoms with Gasteiger partial charge in [-0.25, -0.2) is 9.97 Å². The van der Waals surface area contributed by atoms with E-state index in [1.165, 1.54) is 6.33 Å². The summed E-state index contributed by atoms with van der Waals surface area (Å²) >= 11 is 11.9. The molecule has 0 unspecified atom stereocenters. The van der Waals surface area contributed by atoms with Crippen LogP contribution >= 0.6 is 23.2 Å². The molecule has 0 radical (unpaired) electrons. The lowest BCUT2D eigenvalue weighted by molar-refractivity contribution is -0.383. The number of aromatic nitrogens is 2. The van der Waals surface area contributed by atoms with Crippen molar-refractivity contribution in [2.24, 2.45) is 0 Å². The molecule has 1 heterocycles. The molecule has 9 heteroatoms. The Morgan fingerprint density at radius 2 is 1.70 bits per heavy atom. The largest absolute Gasteiger partial charge is 0.360 e. The van der Waals surface area contributed by atoms with Crippen LogP contribution in [-0.4, -0.2) is 14.9 Å². The van der Waals surface area contributed by atoms with Crippen molar-refractivity contribution in [1.29, 1.82) is 0 Å². The average Bonchev–Trinajstić information content (AvgIpc) is 2.64. The molecule has 2 aromatic carbocycles. The van der Waals surface area contributed by atoms with E-state index in [4.69, 9.17) is 23.2 Å². The van der Waals surface area contributed by atoms with Gasteiger partial charge in [0.15, 0.2) is 0 Å². The Labute approximate surface area is 165 Å². The van der Waals surface area contributed by atoms with E-state index >= 15 is 0 Å². The molecular weight excluding hydrogens is 389 g/mol. The van der Waals surface area contributed by atoms with Crippen molar-refractivity contribution in [2.75, 3.05) is 10.6 Å². The van der Waals surface area contributed by atoms with Gasteiger partial charge in [-0.3, -0.25) is 10.1 Å². The van der Waals surface area contributed by atoms with Gasteiger partial charge in [0.05, 0.1) is 4.92 Å². The molecular formula is C18H15Cl2N5O2. The molecule has 0 amide bonds. The van der Waals surface area contributed by atoms with Gasteiger partial charge in [0.25, 0.3) is 0 Å². The molecule has 27 heavy (non-hydrogen) atoms. The van der Waals surface area contributed by atoms with E-state index in [0.717, 1.165) is 11.1 Å². The van der Waals surface area contributed by atoms with Crippen molar-refractivity contribution in [1.82, 2.24) is 9.97 Å². The van der Waals surface area contributed by atoms with Crippen LogP contribution in [0.4, 0.5) is 23.0 Å². The summed E-state index contributed by atoms with van der Waals surface area (Å²) in [5.74, 6) is 0.200. The molecule has 2 N–H and O–H groups in total. The van der Waals surface area contributed by atoms with Crippen molar-refractivity contribution in [3.05, 3.63) is 80.1 Å². The van der Waals surface area contributed by atoms with Gasteiger partial charge in [0.1, 0.15) is 6.33 Å². The summed E-state index contributed by atoms with van der Waals surface area (Å²) in [5, 5.41) is 18.7. The van der Waals surface area contributed by atoms with Crippen LogP contribution in [0.2, 0.25) is 10.0 Å². The maximum atomic E-state index is 11.6. The minimum Gasteiger partial charge on any atom is -0.360 e. The first-order valence-corrected chi connectivity index (χ1v) is 8.70. The molecule has 7 nitrogen and oxygen atoms in total. The highest BCUT2D eigenvalue weighted by Crippen LogP contribution is 2.33. The first kappa shape index (κ1) is 18.9. The third-order valence-electron chi connectivity index (χ3n) is 3.83. The fraction of sp³-hybridized carbons (Fsp3) is 0.111. The highest BCUT2D eigenvalue weighted by Gasteiger charge is 2.23. The van der Waals surface area contributed by atoms with Crippen LogP contribution in [0.3, 0.4) is 0 Å². The summed E-state index contributed by atoms with van der Waals surface area (Å²) in [4.78, 5) is 19.2. The second-order valence-electron chi connectivity index (χ2n) is 5.74. The predicted molar refractivity (Wildman–Crippen MR) is 107 cm³/mol. The highest BCUT2D eigenvalue weighted by molar-refractivity contribution is 6.31. The number of hydrogen-bond acceptors (Lipinski definition) is 6. The lowest BCUT2D eigenvalue weighted by atomic mass is 10.2. The molecule has 0 spiro atoms. The SMILES string of the molecule is Cc1ccc(Cl)cc1Nc1ncnc(NCc2ccc(Cl)cc2)c1[N+](=O)[O-]. The molecule has 1 aromatic heterocycles. The summed E-state index contributed by atoms with van der Waals surface area (Å²) in [6.07, 6.45) is 1.26. The van der Waals surface area contributed by atoms with Crippen LogP contribution in [-0.2, 0) is 6.54 Å². The molecule has 0 aliphatic rings. The summed E-state index contributed by atoms with van der Waals surface area (Å²) in [6.45, 7) is 2.22. The molecule has 3 aromatic rings. The highest BCUT2D eigenvalue weighted by atomic mass is 35.5. The maximum Gasteiger partial charge on any atom is 0.353 e. The van der Waals surface area contributed by atoms with Gasteiger partial charge in [-0.1, -0.05) is 41.4 Å². The number of nitro groups is 1. The second-order valence-corrected chi connectivity index (χ2v) is 6.61. The number of nitrogens with one attached hydrogen (secondary N) is 2. The second kappa shape index (κ2) is 8.20. The molecule has 0 aliphatic heterocycles. The number of benzene rings is 2. The lowest BCUT2D eigenvalue weighted by Gasteiger charge is -2.12. The maximum absolute atomic E-state index is 11.6. The Kier molecular flexibility index (Phi) is 5.73. The molecule has 138 valence electrons. The Hall–Kier alpha value is -2.90. The van der Waals surface area contributed by atoms with E-state index in [-0.39, 0.29) is 17.3 Å². The summed E-state index contributed by atoms with van der Waals surface area (Å²) in [5.41, 5.74) is 2.18. The van der Waals surface area contributed by atoms with Crippen LogP contribution in [0, 0.1) is 17.0 Å². The van der Waals surface area contributed by atoms with E-state index in [1.54, 1.807) is 24.3 Å². The zero-order chi connectivity index (χ0) is 19.4. The van der Waals surface area contributed by atoms with E-state index in [0.29, 0.717) is 22.3 Å². The van der Waals surface area contributed by atoms with Crippen LogP contribution in [0.1, 0.15) is 11.1 Å². The van der Waals surface area contributed by atoms with E-state index in [1.807, 2.05) is 25.1 Å². The fourth-order valence-corrected chi connectivity index (χ4v) is 2.72. The van der Waals surface area contributed by atoms with E-state index in [9.17, 15) is 10.1 Å². The van der Waals surface area contributed by atoms with Gasteiger partial charge in [-0.05, 0) is 42.3 Å². The third-order valence-corrected chi connectivity index (χ3v) is 4.32. The van der Waals surface area contributed by atoms with Crippen molar-refractivity contribution >= 4 is 46.2 Å². The van der Waals surface area contributed by atoms with Gasteiger partial charge in [-0.2, -0.15) is 0 Å². The molecule has 0 bridgehead atoms.